The lowest BCUT2D eigenvalue weighted by Crippen LogP contribution is -2.15. The molecule has 0 atom stereocenters. The molecule has 0 radical (unpaired) electrons. The average Bonchev–Trinajstić information content (AvgIpc) is 2.55. The molecule has 2 N–H and O–H groups in total. The number of hydrogen-bond donors (Lipinski definition) is 2. The number of nitrogens with one attached hydrogen (secondary N) is 2. The lowest BCUT2D eigenvalue weighted by molar-refractivity contribution is 0.875. The maximum atomic E-state index is 12.1. The first-order valence-electron chi connectivity index (χ1n) is 7.71. The zero-order chi connectivity index (χ0) is 16.2. The Kier molecular flexibility index (Phi) is 4.32. The Morgan fingerprint density at radius 1 is 1.22 bits per heavy atom. The first kappa shape index (κ1) is 15.1. The van der Waals surface area contributed by atoms with E-state index in [1.165, 1.54) is 0 Å². The highest BCUT2D eigenvalue weighted by Crippen LogP contribution is 2.14. The molecule has 6 nitrogen and oxygen atoms in total. The quantitative estimate of drug-likeness (QED) is 0.757. The Balaban J connectivity index is 1.86. The van der Waals surface area contributed by atoms with Gasteiger partial charge in [0.25, 0.3) is 5.56 Å². The van der Waals surface area contributed by atoms with Gasteiger partial charge in [-0.05, 0) is 25.5 Å². The molecule has 118 valence electrons. The van der Waals surface area contributed by atoms with Crippen molar-refractivity contribution in [3.8, 4) is 0 Å². The van der Waals surface area contributed by atoms with Crippen molar-refractivity contribution in [3.63, 3.8) is 0 Å². The monoisotopic (exact) mass is 309 g/mol. The van der Waals surface area contributed by atoms with Gasteiger partial charge in [-0.3, -0.25) is 4.79 Å². The molecule has 0 amide bonds. The summed E-state index contributed by atoms with van der Waals surface area (Å²) in [6.07, 6.45) is 3.78. The number of nitrogens with zero attached hydrogens (tertiary/aromatic N) is 3. The second-order valence-corrected chi connectivity index (χ2v) is 5.42. The Hall–Kier alpha value is -2.76. The third-order valence-corrected chi connectivity index (χ3v) is 3.59. The van der Waals surface area contributed by atoms with Gasteiger partial charge >= 0.3 is 0 Å². The van der Waals surface area contributed by atoms with E-state index in [2.05, 4.69) is 32.2 Å². The van der Waals surface area contributed by atoms with Crippen LogP contribution < -0.4 is 10.9 Å². The van der Waals surface area contributed by atoms with E-state index in [0.717, 1.165) is 24.2 Å². The first-order chi connectivity index (χ1) is 11.2. The molecule has 0 saturated carbocycles. The summed E-state index contributed by atoms with van der Waals surface area (Å²) in [7, 11) is 0. The molecular formula is C17H19N5O. The molecule has 0 aliphatic rings. The largest absolute Gasteiger partial charge is 0.363 e. The number of aromatic amines is 1. The predicted octanol–water partition coefficient (Wildman–Crippen LogP) is 2.59. The predicted molar refractivity (Wildman–Crippen MR) is 90.5 cm³/mol. The number of aryl methyl sites for hydroxylation is 2. The van der Waals surface area contributed by atoms with Gasteiger partial charge in [0.15, 0.2) is 0 Å². The van der Waals surface area contributed by atoms with Crippen molar-refractivity contribution >= 4 is 16.7 Å². The van der Waals surface area contributed by atoms with Crippen molar-refractivity contribution in [2.45, 2.75) is 33.2 Å². The third-order valence-electron chi connectivity index (χ3n) is 3.59. The molecule has 0 bridgehead atoms. The van der Waals surface area contributed by atoms with Gasteiger partial charge in [0.05, 0.1) is 17.4 Å². The highest BCUT2D eigenvalue weighted by atomic mass is 16.1. The van der Waals surface area contributed by atoms with Crippen molar-refractivity contribution in [2.24, 2.45) is 0 Å². The minimum absolute atomic E-state index is 0.125. The van der Waals surface area contributed by atoms with E-state index in [4.69, 9.17) is 0 Å². The van der Waals surface area contributed by atoms with Gasteiger partial charge in [-0.15, -0.1) is 0 Å². The van der Waals surface area contributed by atoms with Crippen LogP contribution in [0.15, 0.2) is 35.3 Å². The average molecular weight is 309 g/mol. The van der Waals surface area contributed by atoms with Crippen molar-refractivity contribution in [1.29, 1.82) is 0 Å². The lowest BCUT2D eigenvalue weighted by atomic mass is 10.2. The Morgan fingerprint density at radius 2 is 2.04 bits per heavy atom. The fraction of sp³-hybridized carbons (Fsp3) is 0.294. The zero-order valence-corrected chi connectivity index (χ0v) is 13.3. The molecule has 3 rings (SSSR count). The smallest absolute Gasteiger partial charge is 0.258 e. The number of H-pyrrole nitrogens is 1. The van der Waals surface area contributed by atoms with Gasteiger partial charge in [-0.25, -0.2) is 15.0 Å². The van der Waals surface area contributed by atoms with Gasteiger partial charge in [0.1, 0.15) is 17.5 Å². The highest BCUT2D eigenvalue weighted by molar-refractivity contribution is 5.77. The summed E-state index contributed by atoms with van der Waals surface area (Å²) in [5.41, 5.74) is 1.64. The standard InChI is InChI=1S/C17H19N5O/c1-3-6-12-9-18-11(2)20-16(12)19-10-15-21-14-8-5-4-7-13(14)17(23)22-15/h4-5,7-9H,3,6,10H2,1-2H3,(H,18,19,20)(H,21,22,23). The van der Waals surface area contributed by atoms with Crippen LogP contribution in [-0.2, 0) is 13.0 Å². The van der Waals surface area contributed by atoms with Crippen LogP contribution in [0.1, 0.15) is 30.6 Å². The summed E-state index contributed by atoms with van der Waals surface area (Å²) in [4.78, 5) is 28.1. The van der Waals surface area contributed by atoms with Crippen LogP contribution in [0, 0.1) is 6.92 Å². The molecule has 23 heavy (non-hydrogen) atoms. The minimum atomic E-state index is -0.125. The topological polar surface area (TPSA) is 83.6 Å². The number of para-hydroxylation sites is 1. The summed E-state index contributed by atoms with van der Waals surface area (Å²) in [6.45, 7) is 4.39. The van der Waals surface area contributed by atoms with Gasteiger partial charge < -0.3 is 10.3 Å². The summed E-state index contributed by atoms with van der Waals surface area (Å²) >= 11 is 0. The van der Waals surface area contributed by atoms with E-state index in [0.29, 0.717) is 29.1 Å². The second-order valence-electron chi connectivity index (χ2n) is 5.42. The summed E-state index contributed by atoms with van der Waals surface area (Å²) in [6, 6.07) is 7.31. The van der Waals surface area contributed by atoms with Crippen molar-refractivity contribution in [1.82, 2.24) is 19.9 Å². The van der Waals surface area contributed by atoms with Gasteiger partial charge in [-0.1, -0.05) is 25.5 Å². The molecule has 6 heteroatoms. The number of fused-ring (bicyclic) bond motifs is 1. The highest BCUT2D eigenvalue weighted by Gasteiger charge is 2.07. The lowest BCUT2D eigenvalue weighted by Gasteiger charge is -2.11. The van der Waals surface area contributed by atoms with Crippen LogP contribution in [0.3, 0.4) is 0 Å². The normalized spacial score (nSPS) is 10.9. The molecule has 2 heterocycles. The maximum Gasteiger partial charge on any atom is 0.258 e. The van der Waals surface area contributed by atoms with Crippen LogP contribution in [-0.4, -0.2) is 19.9 Å². The Morgan fingerprint density at radius 3 is 2.87 bits per heavy atom. The third kappa shape index (κ3) is 3.36. The first-order valence-corrected chi connectivity index (χ1v) is 7.71. The van der Waals surface area contributed by atoms with E-state index in [1.807, 2.05) is 31.3 Å². The minimum Gasteiger partial charge on any atom is -0.363 e. The van der Waals surface area contributed by atoms with Crippen LogP contribution in [0.4, 0.5) is 5.82 Å². The van der Waals surface area contributed by atoms with Crippen molar-refractivity contribution in [3.05, 3.63) is 58.0 Å². The van der Waals surface area contributed by atoms with Gasteiger partial charge in [-0.2, -0.15) is 0 Å². The number of aromatic nitrogens is 4. The van der Waals surface area contributed by atoms with Crippen molar-refractivity contribution < 1.29 is 0 Å². The van der Waals surface area contributed by atoms with E-state index >= 15 is 0 Å². The van der Waals surface area contributed by atoms with E-state index < -0.39 is 0 Å². The molecule has 1 aromatic carbocycles. The molecule has 0 unspecified atom stereocenters. The molecule has 0 aliphatic carbocycles. The molecule has 0 aliphatic heterocycles. The molecule has 0 saturated heterocycles. The molecular weight excluding hydrogens is 290 g/mol. The fourth-order valence-corrected chi connectivity index (χ4v) is 2.49. The van der Waals surface area contributed by atoms with Crippen LogP contribution in [0.25, 0.3) is 10.9 Å². The van der Waals surface area contributed by atoms with Gasteiger partial charge in [0, 0.05) is 11.8 Å². The number of benzene rings is 1. The molecule has 3 aromatic rings. The molecule has 0 spiro atoms. The number of rotatable bonds is 5. The van der Waals surface area contributed by atoms with Crippen LogP contribution >= 0.6 is 0 Å². The SMILES string of the molecule is CCCc1cnc(C)nc1NCc1nc2ccccc2c(=O)[nH]1. The number of anilines is 1. The zero-order valence-electron chi connectivity index (χ0n) is 13.3. The molecule has 2 aromatic heterocycles. The van der Waals surface area contributed by atoms with E-state index in [1.54, 1.807) is 6.07 Å². The number of hydrogen-bond acceptors (Lipinski definition) is 5. The summed E-state index contributed by atoms with van der Waals surface area (Å²) in [5.74, 6) is 2.11. The summed E-state index contributed by atoms with van der Waals surface area (Å²) < 4.78 is 0. The Bertz CT molecular complexity index is 888. The van der Waals surface area contributed by atoms with Crippen LogP contribution in [0.5, 0.6) is 0 Å². The second kappa shape index (κ2) is 6.56. The fourth-order valence-electron chi connectivity index (χ4n) is 2.49. The van der Waals surface area contributed by atoms with Crippen molar-refractivity contribution in [2.75, 3.05) is 5.32 Å². The van der Waals surface area contributed by atoms with Gasteiger partial charge in [0.2, 0.25) is 0 Å². The van der Waals surface area contributed by atoms with Crippen LogP contribution in [0.2, 0.25) is 0 Å². The summed E-state index contributed by atoms with van der Waals surface area (Å²) in [5, 5.41) is 3.86. The maximum absolute atomic E-state index is 12.1. The van der Waals surface area contributed by atoms with E-state index in [-0.39, 0.29) is 5.56 Å². The molecule has 0 fully saturated rings. The Labute approximate surface area is 134 Å². The van der Waals surface area contributed by atoms with E-state index in [9.17, 15) is 4.79 Å².